The van der Waals surface area contributed by atoms with Gasteiger partial charge in [-0.15, -0.1) is 0 Å². The quantitative estimate of drug-likeness (QED) is 0.460. The Morgan fingerprint density at radius 2 is 2.10 bits per heavy atom. The third-order valence-electron chi connectivity index (χ3n) is 2.68. The second-order valence-electron chi connectivity index (χ2n) is 3.32. The summed E-state index contributed by atoms with van der Waals surface area (Å²) in [6, 6.07) is 0. The first-order valence-electron chi connectivity index (χ1n) is 3.72. The van der Waals surface area contributed by atoms with Crippen LogP contribution in [0, 0.1) is 11.8 Å². The van der Waals surface area contributed by atoms with Gasteiger partial charge in [0.05, 0.1) is 6.61 Å². The molecule has 1 aliphatic heterocycles. The van der Waals surface area contributed by atoms with Crippen LogP contribution in [0.5, 0.6) is 0 Å². The van der Waals surface area contributed by atoms with E-state index in [9.17, 15) is 10.2 Å². The zero-order valence-electron chi connectivity index (χ0n) is 5.79. The Labute approximate surface area is 59.6 Å². The third kappa shape index (κ3) is 0.779. The van der Waals surface area contributed by atoms with Gasteiger partial charge in [0, 0.05) is 18.9 Å². The largest absolute Gasteiger partial charge is 0.381 e. The predicted octanol–water partition coefficient (Wildman–Crippen LogP) is -0.276. The van der Waals surface area contributed by atoms with Gasteiger partial charge in [-0.25, -0.2) is 0 Å². The highest BCUT2D eigenvalue weighted by molar-refractivity contribution is 4.92. The minimum Gasteiger partial charge on any atom is -0.381 e. The maximum absolute atomic E-state index is 9.34. The van der Waals surface area contributed by atoms with E-state index in [2.05, 4.69) is 0 Å². The molecule has 2 fully saturated rings. The molecule has 2 N–H and O–H groups in total. The standard InChI is InChI=1S/C7H12O3/c8-7(9)2-1-5-3-10-4-6(5)7/h5-6,8-9H,1-4H2. The molecule has 1 heterocycles. The summed E-state index contributed by atoms with van der Waals surface area (Å²) in [5.74, 6) is -1.05. The van der Waals surface area contributed by atoms with Crippen molar-refractivity contribution in [2.24, 2.45) is 11.8 Å². The molecule has 1 saturated carbocycles. The lowest BCUT2D eigenvalue weighted by molar-refractivity contribution is -0.188. The van der Waals surface area contributed by atoms with Crippen LogP contribution in [-0.2, 0) is 4.74 Å². The number of aliphatic hydroxyl groups is 2. The van der Waals surface area contributed by atoms with E-state index in [1.54, 1.807) is 0 Å². The zero-order valence-corrected chi connectivity index (χ0v) is 5.79. The summed E-state index contributed by atoms with van der Waals surface area (Å²) < 4.78 is 5.13. The van der Waals surface area contributed by atoms with Crippen LogP contribution in [0.25, 0.3) is 0 Å². The van der Waals surface area contributed by atoms with Crippen molar-refractivity contribution in [2.75, 3.05) is 13.2 Å². The van der Waals surface area contributed by atoms with E-state index < -0.39 is 5.79 Å². The van der Waals surface area contributed by atoms with Gasteiger partial charge < -0.3 is 14.9 Å². The summed E-state index contributed by atoms with van der Waals surface area (Å²) in [6.45, 7) is 1.24. The molecule has 2 unspecified atom stereocenters. The van der Waals surface area contributed by atoms with Crippen molar-refractivity contribution in [3.05, 3.63) is 0 Å². The van der Waals surface area contributed by atoms with Gasteiger partial charge in [-0.1, -0.05) is 0 Å². The highest BCUT2D eigenvalue weighted by Crippen LogP contribution is 2.42. The predicted molar refractivity (Wildman–Crippen MR) is 34.2 cm³/mol. The van der Waals surface area contributed by atoms with Crippen LogP contribution in [-0.4, -0.2) is 29.2 Å². The Morgan fingerprint density at radius 3 is 2.80 bits per heavy atom. The normalized spacial score (nSPS) is 43.8. The molecule has 10 heavy (non-hydrogen) atoms. The van der Waals surface area contributed by atoms with E-state index in [1.165, 1.54) is 0 Å². The summed E-state index contributed by atoms with van der Waals surface area (Å²) >= 11 is 0. The smallest absolute Gasteiger partial charge is 0.167 e. The molecule has 0 spiro atoms. The first-order chi connectivity index (χ1) is 4.70. The lowest BCUT2D eigenvalue weighted by Crippen LogP contribution is -2.34. The van der Waals surface area contributed by atoms with E-state index in [-0.39, 0.29) is 5.92 Å². The van der Waals surface area contributed by atoms with E-state index in [4.69, 9.17) is 4.74 Å². The minimum absolute atomic E-state index is 0.0208. The second kappa shape index (κ2) is 1.94. The number of hydrogen-bond donors (Lipinski definition) is 2. The average molecular weight is 144 g/mol. The highest BCUT2D eigenvalue weighted by Gasteiger charge is 2.48. The lowest BCUT2D eigenvalue weighted by atomic mass is 9.97. The SMILES string of the molecule is OC1(O)CCC2COCC21. The van der Waals surface area contributed by atoms with Crippen molar-refractivity contribution < 1.29 is 14.9 Å². The monoisotopic (exact) mass is 144 g/mol. The molecule has 1 saturated heterocycles. The first kappa shape index (κ1) is 6.58. The fraction of sp³-hybridized carbons (Fsp3) is 1.00. The molecule has 0 amide bonds. The van der Waals surface area contributed by atoms with Gasteiger partial charge >= 0.3 is 0 Å². The Morgan fingerprint density at radius 1 is 1.30 bits per heavy atom. The van der Waals surface area contributed by atoms with E-state index in [1.807, 2.05) is 0 Å². The lowest BCUT2D eigenvalue weighted by Gasteiger charge is -2.21. The molecule has 1 aliphatic carbocycles. The van der Waals surface area contributed by atoms with Crippen LogP contribution >= 0.6 is 0 Å². The number of ether oxygens (including phenoxy) is 1. The molecular formula is C7H12O3. The molecule has 0 aromatic rings. The molecule has 0 aromatic heterocycles. The number of rotatable bonds is 0. The van der Waals surface area contributed by atoms with Crippen LogP contribution in [0.4, 0.5) is 0 Å². The van der Waals surface area contributed by atoms with Gasteiger partial charge in [0.25, 0.3) is 0 Å². The summed E-state index contributed by atoms with van der Waals surface area (Å²) in [5, 5.41) is 18.7. The van der Waals surface area contributed by atoms with Crippen LogP contribution in [0.3, 0.4) is 0 Å². The molecular weight excluding hydrogens is 132 g/mol. The molecule has 2 rings (SSSR count). The van der Waals surface area contributed by atoms with E-state index >= 15 is 0 Å². The molecule has 3 heteroatoms. The van der Waals surface area contributed by atoms with Crippen molar-refractivity contribution in [1.82, 2.24) is 0 Å². The van der Waals surface area contributed by atoms with Gasteiger partial charge in [0.15, 0.2) is 5.79 Å². The van der Waals surface area contributed by atoms with Gasteiger partial charge in [-0.2, -0.15) is 0 Å². The van der Waals surface area contributed by atoms with Gasteiger partial charge in [0.1, 0.15) is 0 Å². The van der Waals surface area contributed by atoms with Crippen LogP contribution in [0.1, 0.15) is 12.8 Å². The van der Waals surface area contributed by atoms with Gasteiger partial charge in [0.2, 0.25) is 0 Å². The van der Waals surface area contributed by atoms with Crippen molar-refractivity contribution in [3.8, 4) is 0 Å². The molecule has 0 bridgehead atoms. The van der Waals surface area contributed by atoms with Gasteiger partial charge in [-0.3, -0.25) is 0 Å². The molecule has 0 aromatic carbocycles. The minimum atomic E-state index is -1.43. The van der Waals surface area contributed by atoms with Crippen molar-refractivity contribution in [2.45, 2.75) is 18.6 Å². The van der Waals surface area contributed by atoms with Crippen molar-refractivity contribution in [1.29, 1.82) is 0 Å². The number of fused-ring (bicyclic) bond motifs is 1. The fourth-order valence-electron chi connectivity index (χ4n) is 1.98. The topological polar surface area (TPSA) is 49.7 Å². The summed E-state index contributed by atoms with van der Waals surface area (Å²) in [6.07, 6.45) is 1.42. The van der Waals surface area contributed by atoms with Crippen molar-refractivity contribution >= 4 is 0 Å². The fourth-order valence-corrected chi connectivity index (χ4v) is 1.98. The van der Waals surface area contributed by atoms with E-state index in [0.29, 0.717) is 25.6 Å². The van der Waals surface area contributed by atoms with Crippen LogP contribution < -0.4 is 0 Å². The second-order valence-corrected chi connectivity index (χ2v) is 3.32. The van der Waals surface area contributed by atoms with Crippen molar-refractivity contribution in [3.63, 3.8) is 0 Å². The Balaban J connectivity index is 2.16. The van der Waals surface area contributed by atoms with Crippen LogP contribution in [0.15, 0.2) is 0 Å². The maximum atomic E-state index is 9.34. The Bertz CT molecular complexity index is 144. The summed E-state index contributed by atoms with van der Waals surface area (Å²) in [4.78, 5) is 0. The molecule has 2 aliphatic rings. The Hall–Kier alpha value is -0.120. The molecule has 58 valence electrons. The summed E-state index contributed by atoms with van der Waals surface area (Å²) in [7, 11) is 0. The third-order valence-corrected chi connectivity index (χ3v) is 2.68. The zero-order chi connectivity index (χ0) is 7.19. The van der Waals surface area contributed by atoms with Crippen LogP contribution in [0.2, 0.25) is 0 Å². The molecule has 0 radical (unpaired) electrons. The molecule has 3 nitrogen and oxygen atoms in total. The maximum Gasteiger partial charge on any atom is 0.167 e. The number of hydrogen-bond acceptors (Lipinski definition) is 3. The summed E-state index contributed by atoms with van der Waals surface area (Å²) in [5.41, 5.74) is 0. The first-order valence-corrected chi connectivity index (χ1v) is 3.72. The van der Waals surface area contributed by atoms with E-state index in [0.717, 1.165) is 6.42 Å². The molecule has 2 atom stereocenters. The van der Waals surface area contributed by atoms with Gasteiger partial charge in [-0.05, 0) is 12.3 Å². The average Bonchev–Trinajstić information content (AvgIpc) is 2.36. The highest BCUT2D eigenvalue weighted by atomic mass is 16.5. The Kier molecular flexibility index (Phi) is 1.27.